The largest absolute Gasteiger partial charge is 0.341 e. The topological polar surface area (TPSA) is 40.6 Å². The molecule has 5 heteroatoms. The summed E-state index contributed by atoms with van der Waals surface area (Å²) in [6.07, 6.45) is 1.33. The van der Waals surface area contributed by atoms with Gasteiger partial charge in [0.2, 0.25) is 5.91 Å². The molecule has 3 aromatic carbocycles. The summed E-state index contributed by atoms with van der Waals surface area (Å²) in [7, 11) is 1.81. The van der Waals surface area contributed by atoms with Gasteiger partial charge in [0.15, 0.2) is 0 Å². The third-order valence-electron chi connectivity index (χ3n) is 6.11. The molecule has 0 bridgehead atoms. The first-order valence-corrected chi connectivity index (χ1v) is 10.9. The number of benzene rings is 3. The molecule has 164 valence electrons. The van der Waals surface area contributed by atoms with E-state index >= 15 is 0 Å². The average molecular weight is 431 g/mol. The lowest BCUT2D eigenvalue weighted by Gasteiger charge is -2.40. The maximum atomic E-state index is 13.5. The molecular formula is C27H27FN2O2. The number of carbonyl (C=O) groups is 2. The van der Waals surface area contributed by atoms with Gasteiger partial charge in [0.05, 0.1) is 12.0 Å². The van der Waals surface area contributed by atoms with E-state index in [1.807, 2.05) is 55.6 Å². The number of nitrogens with zero attached hydrogens (tertiary/aromatic N) is 2. The Bertz CT molecular complexity index is 1050. The van der Waals surface area contributed by atoms with E-state index in [0.717, 1.165) is 11.1 Å². The van der Waals surface area contributed by atoms with E-state index in [0.29, 0.717) is 31.5 Å². The molecule has 1 aliphatic rings. The van der Waals surface area contributed by atoms with Crippen LogP contribution in [0.4, 0.5) is 4.39 Å². The fourth-order valence-electron chi connectivity index (χ4n) is 4.42. The van der Waals surface area contributed by atoms with Crippen molar-refractivity contribution in [2.45, 2.75) is 25.4 Å². The van der Waals surface area contributed by atoms with Crippen LogP contribution in [0.5, 0.6) is 0 Å². The zero-order valence-electron chi connectivity index (χ0n) is 18.2. The highest BCUT2D eigenvalue weighted by Gasteiger charge is 2.36. The van der Waals surface area contributed by atoms with Crippen molar-refractivity contribution >= 4 is 11.8 Å². The lowest BCUT2D eigenvalue weighted by atomic mass is 9.87. The first kappa shape index (κ1) is 21.8. The van der Waals surface area contributed by atoms with E-state index in [4.69, 9.17) is 0 Å². The Kier molecular flexibility index (Phi) is 6.64. The van der Waals surface area contributed by atoms with Crippen molar-refractivity contribution in [2.24, 2.45) is 5.92 Å². The smallest absolute Gasteiger partial charge is 0.254 e. The summed E-state index contributed by atoms with van der Waals surface area (Å²) in [5.74, 6) is -0.644. The summed E-state index contributed by atoms with van der Waals surface area (Å²) in [6.45, 7) is 0.873. The summed E-state index contributed by atoms with van der Waals surface area (Å²) in [4.78, 5) is 30.2. The molecule has 4 rings (SSSR count). The molecule has 1 saturated heterocycles. The molecule has 2 amide bonds. The monoisotopic (exact) mass is 430 g/mol. The quantitative estimate of drug-likeness (QED) is 0.567. The van der Waals surface area contributed by atoms with Gasteiger partial charge in [-0.15, -0.1) is 0 Å². The van der Waals surface area contributed by atoms with Crippen LogP contribution in [0.1, 0.15) is 40.4 Å². The Morgan fingerprint density at radius 2 is 1.53 bits per heavy atom. The second-order valence-corrected chi connectivity index (χ2v) is 8.35. The van der Waals surface area contributed by atoms with E-state index in [-0.39, 0.29) is 29.6 Å². The predicted molar refractivity (Wildman–Crippen MR) is 122 cm³/mol. The first-order chi connectivity index (χ1) is 15.5. The molecule has 1 fully saturated rings. The van der Waals surface area contributed by atoms with Crippen LogP contribution < -0.4 is 0 Å². The van der Waals surface area contributed by atoms with Gasteiger partial charge >= 0.3 is 0 Å². The normalized spacial score (nSPS) is 18.2. The van der Waals surface area contributed by atoms with E-state index in [2.05, 4.69) is 0 Å². The second-order valence-electron chi connectivity index (χ2n) is 8.35. The molecule has 1 heterocycles. The van der Waals surface area contributed by atoms with Crippen LogP contribution >= 0.6 is 0 Å². The molecule has 0 spiro atoms. The van der Waals surface area contributed by atoms with Gasteiger partial charge in [-0.25, -0.2) is 4.39 Å². The number of rotatable bonds is 5. The maximum Gasteiger partial charge on any atom is 0.254 e. The number of likely N-dealkylation sites (tertiary alicyclic amines) is 1. The Morgan fingerprint density at radius 1 is 0.906 bits per heavy atom. The molecule has 0 aliphatic carbocycles. The fraction of sp³-hybridized carbons (Fsp3) is 0.259. The number of hydrogen-bond acceptors (Lipinski definition) is 2. The summed E-state index contributed by atoms with van der Waals surface area (Å²) in [5.41, 5.74) is 2.55. The van der Waals surface area contributed by atoms with E-state index < -0.39 is 0 Å². The van der Waals surface area contributed by atoms with Crippen molar-refractivity contribution in [3.8, 4) is 0 Å². The minimum absolute atomic E-state index is 0.0391. The number of amides is 2. The highest BCUT2D eigenvalue weighted by Crippen LogP contribution is 2.35. The van der Waals surface area contributed by atoms with E-state index in [9.17, 15) is 14.0 Å². The summed E-state index contributed by atoms with van der Waals surface area (Å²) in [5, 5.41) is 0. The molecule has 3 aromatic rings. The van der Waals surface area contributed by atoms with Gasteiger partial charge in [0, 0.05) is 25.7 Å². The van der Waals surface area contributed by atoms with Crippen molar-refractivity contribution < 1.29 is 14.0 Å². The van der Waals surface area contributed by atoms with E-state index in [1.54, 1.807) is 34.1 Å². The van der Waals surface area contributed by atoms with Gasteiger partial charge in [0.25, 0.3) is 5.91 Å². The van der Waals surface area contributed by atoms with Crippen LogP contribution in [0.15, 0.2) is 84.9 Å². The van der Waals surface area contributed by atoms with E-state index in [1.165, 1.54) is 12.1 Å². The lowest BCUT2D eigenvalue weighted by Crippen LogP contribution is -2.47. The van der Waals surface area contributed by atoms with Crippen LogP contribution in [-0.4, -0.2) is 35.2 Å². The van der Waals surface area contributed by atoms with Crippen molar-refractivity contribution in [1.82, 2.24) is 9.80 Å². The molecule has 0 radical (unpaired) electrons. The molecule has 0 saturated carbocycles. The Morgan fingerprint density at radius 3 is 2.19 bits per heavy atom. The van der Waals surface area contributed by atoms with Gasteiger partial charge in [-0.3, -0.25) is 9.59 Å². The maximum absolute atomic E-state index is 13.5. The van der Waals surface area contributed by atoms with Crippen LogP contribution in [0, 0.1) is 11.7 Å². The Balaban J connectivity index is 1.55. The Hall–Kier alpha value is -3.47. The third-order valence-corrected chi connectivity index (χ3v) is 6.11. The minimum Gasteiger partial charge on any atom is -0.341 e. The van der Waals surface area contributed by atoms with Gasteiger partial charge in [0.1, 0.15) is 5.82 Å². The highest BCUT2D eigenvalue weighted by molar-refractivity contribution is 5.95. The second kappa shape index (κ2) is 9.77. The summed E-state index contributed by atoms with van der Waals surface area (Å²) < 4.78 is 13.5. The molecular weight excluding hydrogens is 403 g/mol. The molecule has 32 heavy (non-hydrogen) atoms. The standard InChI is InChI=1S/C27H27FN2O2/c1-29(18-20-8-4-2-5-9-20)26(31)23-14-17-25(21-12-15-24(28)16-13-21)30(19-23)27(32)22-10-6-3-7-11-22/h2-13,15-16,23,25H,14,17-19H2,1H3. The lowest BCUT2D eigenvalue weighted by molar-refractivity contribution is -0.136. The van der Waals surface area contributed by atoms with Gasteiger partial charge in [-0.05, 0) is 48.2 Å². The first-order valence-electron chi connectivity index (χ1n) is 10.9. The van der Waals surface area contributed by atoms with Gasteiger partial charge in [-0.1, -0.05) is 60.7 Å². The zero-order chi connectivity index (χ0) is 22.5. The van der Waals surface area contributed by atoms with Crippen molar-refractivity contribution in [1.29, 1.82) is 0 Å². The van der Waals surface area contributed by atoms with Crippen molar-refractivity contribution in [3.05, 3.63) is 107 Å². The minimum atomic E-state index is -0.305. The number of hydrogen-bond donors (Lipinski definition) is 0. The third kappa shape index (κ3) is 4.88. The molecule has 0 N–H and O–H groups in total. The molecule has 0 aromatic heterocycles. The number of carbonyl (C=O) groups excluding carboxylic acids is 2. The van der Waals surface area contributed by atoms with Crippen molar-refractivity contribution in [3.63, 3.8) is 0 Å². The summed E-state index contributed by atoms with van der Waals surface area (Å²) in [6, 6.07) is 25.1. The fourth-order valence-corrected chi connectivity index (χ4v) is 4.42. The molecule has 2 atom stereocenters. The highest BCUT2D eigenvalue weighted by atomic mass is 19.1. The van der Waals surface area contributed by atoms with Crippen LogP contribution in [0.25, 0.3) is 0 Å². The predicted octanol–water partition coefficient (Wildman–Crippen LogP) is 5.08. The van der Waals surface area contributed by atoms with Crippen LogP contribution in [0.3, 0.4) is 0 Å². The van der Waals surface area contributed by atoms with Crippen LogP contribution in [0.2, 0.25) is 0 Å². The van der Waals surface area contributed by atoms with Gasteiger partial charge < -0.3 is 9.80 Å². The Labute approximate surface area is 188 Å². The average Bonchev–Trinajstić information content (AvgIpc) is 2.84. The SMILES string of the molecule is CN(Cc1ccccc1)C(=O)C1CCC(c2ccc(F)cc2)N(C(=O)c2ccccc2)C1. The molecule has 1 aliphatic heterocycles. The van der Waals surface area contributed by atoms with Crippen LogP contribution in [-0.2, 0) is 11.3 Å². The molecule has 2 unspecified atom stereocenters. The number of piperidine rings is 1. The molecule has 4 nitrogen and oxygen atoms in total. The zero-order valence-corrected chi connectivity index (χ0v) is 18.2. The van der Waals surface area contributed by atoms with Gasteiger partial charge in [-0.2, -0.15) is 0 Å². The summed E-state index contributed by atoms with van der Waals surface area (Å²) >= 11 is 0. The number of halogens is 1. The van der Waals surface area contributed by atoms with Crippen molar-refractivity contribution in [2.75, 3.05) is 13.6 Å².